The Kier molecular flexibility index (Phi) is 4.57. The maximum absolute atomic E-state index is 14.1. The van der Waals surface area contributed by atoms with Gasteiger partial charge >= 0.3 is 0 Å². The van der Waals surface area contributed by atoms with Gasteiger partial charge in [0, 0.05) is 21.5 Å². The summed E-state index contributed by atoms with van der Waals surface area (Å²) in [7, 11) is 0. The molecule has 106 valence electrons. The molecule has 0 aliphatic rings. The number of amides is 1. The van der Waals surface area contributed by atoms with Crippen molar-refractivity contribution in [1.29, 1.82) is 0 Å². The van der Waals surface area contributed by atoms with E-state index in [1.165, 1.54) is 6.07 Å². The maximum Gasteiger partial charge on any atom is 0.242 e. The lowest BCUT2D eigenvalue weighted by Gasteiger charge is -2.28. The van der Waals surface area contributed by atoms with E-state index in [2.05, 4.69) is 21.2 Å². The van der Waals surface area contributed by atoms with Gasteiger partial charge in [0.15, 0.2) is 0 Å². The molecule has 0 bridgehead atoms. The number of halogens is 2. The molecule has 2 rings (SSSR count). The third-order valence-electron chi connectivity index (χ3n) is 3.16. The Labute approximate surface area is 129 Å². The number of hydrogen-bond donors (Lipinski definition) is 2. The summed E-state index contributed by atoms with van der Waals surface area (Å²) < 4.78 is 14.7. The molecule has 2 aromatic rings. The van der Waals surface area contributed by atoms with Gasteiger partial charge in [-0.3, -0.25) is 10.1 Å². The molecule has 0 aliphatic carbocycles. The zero-order chi connectivity index (χ0) is 14.8. The summed E-state index contributed by atoms with van der Waals surface area (Å²) >= 11 is 4.76. The Morgan fingerprint density at radius 1 is 1.50 bits per heavy atom. The van der Waals surface area contributed by atoms with Crippen LogP contribution >= 0.6 is 27.3 Å². The first-order valence-corrected chi connectivity index (χ1v) is 7.63. The number of rotatable bonds is 5. The van der Waals surface area contributed by atoms with Gasteiger partial charge in [0.1, 0.15) is 11.4 Å². The van der Waals surface area contributed by atoms with E-state index in [-0.39, 0.29) is 5.56 Å². The van der Waals surface area contributed by atoms with Crippen LogP contribution in [0, 0.1) is 5.82 Å². The SMILES string of the molecule is CC(NCc1cccs1)(C(N)=O)c1ccc(Br)cc1F. The number of carbonyl (C=O) groups excluding carboxylic acids is 1. The minimum atomic E-state index is -1.26. The zero-order valence-corrected chi connectivity index (χ0v) is 13.2. The first kappa shape index (κ1) is 15.2. The molecular formula is C14H14BrFN2OS. The molecule has 1 amide bonds. The lowest BCUT2D eigenvalue weighted by atomic mass is 9.90. The van der Waals surface area contributed by atoms with Crippen molar-refractivity contribution in [3.63, 3.8) is 0 Å². The molecule has 0 fully saturated rings. The number of nitrogens with one attached hydrogen (secondary N) is 1. The summed E-state index contributed by atoms with van der Waals surface area (Å²) in [6.45, 7) is 2.04. The monoisotopic (exact) mass is 356 g/mol. The van der Waals surface area contributed by atoms with Crippen LogP contribution < -0.4 is 11.1 Å². The lowest BCUT2D eigenvalue weighted by molar-refractivity contribution is -0.124. The number of primary amides is 1. The van der Waals surface area contributed by atoms with Crippen molar-refractivity contribution in [3.8, 4) is 0 Å². The van der Waals surface area contributed by atoms with E-state index in [0.29, 0.717) is 11.0 Å². The first-order chi connectivity index (χ1) is 9.43. The highest BCUT2D eigenvalue weighted by molar-refractivity contribution is 9.10. The number of nitrogens with two attached hydrogens (primary N) is 1. The smallest absolute Gasteiger partial charge is 0.242 e. The highest BCUT2D eigenvalue weighted by Gasteiger charge is 2.35. The van der Waals surface area contributed by atoms with Gasteiger partial charge in [-0.25, -0.2) is 4.39 Å². The van der Waals surface area contributed by atoms with Crippen molar-refractivity contribution < 1.29 is 9.18 Å². The molecule has 0 spiro atoms. The van der Waals surface area contributed by atoms with E-state index in [0.717, 1.165) is 4.88 Å². The van der Waals surface area contributed by atoms with E-state index in [9.17, 15) is 9.18 Å². The summed E-state index contributed by atoms with van der Waals surface area (Å²) in [4.78, 5) is 12.9. The van der Waals surface area contributed by atoms with Crippen LogP contribution in [0.2, 0.25) is 0 Å². The van der Waals surface area contributed by atoms with E-state index >= 15 is 0 Å². The predicted molar refractivity (Wildman–Crippen MR) is 81.8 cm³/mol. The average Bonchev–Trinajstić information content (AvgIpc) is 2.88. The van der Waals surface area contributed by atoms with Crippen molar-refractivity contribution in [2.75, 3.05) is 0 Å². The molecule has 0 saturated carbocycles. The molecule has 1 atom stereocenters. The van der Waals surface area contributed by atoms with E-state index in [4.69, 9.17) is 5.73 Å². The first-order valence-electron chi connectivity index (χ1n) is 5.96. The topological polar surface area (TPSA) is 55.1 Å². The van der Waals surface area contributed by atoms with Crippen LogP contribution in [0.3, 0.4) is 0 Å². The summed E-state index contributed by atoms with van der Waals surface area (Å²) in [6.07, 6.45) is 0. The van der Waals surface area contributed by atoms with Crippen LogP contribution in [0.1, 0.15) is 17.4 Å². The van der Waals surface area contributed by atoms with Gasteiger partial charge in [-0.2, -0.15) is 0 Å². The van der Waals surface area contributed by atoms with Crippen LogP contribution in [0.5, 0.6) is 0 Å². The quantitative estimate of drug-likeness (QED) is 0.864. The standard InChI is InChI=1S/C14H14BrFN2OS/c1-14(13(17)19,18-8-10-3-2-6-20-10)11-5-4-9(15)7-12(11)16/h2-7,18H,8H2,1H3,(H2,17,19). The van der Waals surface area contributed by atoms with Gasteiger partial charge in [0.25, 0.3) is 0 Å². The van der Waals surface area contributed by atoms with E-state index in [1.54, 1.807) is 30.4 Å². The van der Waals surface area contributed by atoms with Crippen LogP contribution in [0.4, 0.5) is 4.39 Å². The fourth-order valence-corrected chi connectivity index (χ4v) is 2.86. The minimum Gasteiger partial charge on any atom is -0.368 e. The molecule has 0 saturated heterocycles. The third-order valence-corrected chi connectivity index (χ3v) is 4.53. The fourth-order valence-electron chi connectivity index (χ4n) is 1.89. The van der Waals surface area contributed by atoms with Gasteiger partial charge < -0.3 is 5.73 Å². The Morgan fingerprint density at radius 3 is 2.80 bits per heavy atom. The summed E-state index contributed by atoms with van der Waals surface area (Å²) in [5.41, 5.74) is 4.46. The second-order valence-corrected chi connectivity index (χ2v) is 6.49. The van der Waals surface area contributed by atoms with E-state index in [1.807, 2.05) is 17.5 Å². The lowest BCUT2D eigenvalue weighted by Crippen LogP contribution is -2.50. The predicted octanol–water partition coefficient (Wildman–Crippen LogP) is 3.14. The molecule has 6 heteroatoms. The van der Waals surface area contributed by atoms with Gasteiger partial charge in [-0.1, -0.05) is 28.1 Å². The second-order valence-electron chi connectivity index (χ2n) is 4.55. The van der Waals surface area contributed by atoms with Crippen LogP contribution in [-0.4, -0.2) is 5.91 Å². The molecule has 1 unspecified atom stereocenters. The van der Waals surface area contributed by atoms with Crippen LogP contribution in [0.15, 0.2) is 40.2 Å². The Bertz CT molecular complexity index is 618. The minimum absolute atomic E-state index is 0.241. The van der Waals surface area contributed by atoms with Gasteiger partial charge in [-0.15, -0.1) is 11.3 Å². The van der Waals surface area contributed by atoms with Crippen LogP contribution in [0.25, 0.3) is 0 Å². The summed E-state index contributed by atoms with van der Waals surface area (Å²) in [5, 5.41) is 5.00. The zero-order valence-electron chi connectivity index (χ0n) is 10.8. The molecule has 3 N–H and O–H groups in total. The van der Waals surface area contributed by atoms with Crippen molar-refractivity contribution in [2.45, 2.75) is 19.0 Å². The maximum atomic E-state index is 14.1. The molecule has 1 heterocycles. The van der Waals surface area contributed by atoms with E-state index < -0.39 is 17.3 Å². The molecule has 3 nitrogen and oxygen atoms in total. The highest BCUT2D eigenvalue weighted by atomic mass is 79.9. The molecular weight excluding hydrogens is 343 g/mol. The normalized spacial score (nSPS) is 13.9. The van der Waals surface area contributed by atoms with Crippen molar-refractivity contribution in [3.05, 3.63) is 56.4 Å². The Hall–Kier alpha value is -1.24. The second kappa shape index (κ2) is 6.03. The number of carbonyl (C=O) groups is 1. The van der Waals surface area contributed by atoms with Gasteiger partial charge in [0.2, 0.25) is 5.91 Å². The Balaban J connectivity index is 2.31. The van der Waals surface area contributed by atoms with Crippen molar-refractivity contribution >= 4 is 33.2 Å². The molecule has 1 aromatic carbocycles. The van der Waals surface area contributed by atoms with Gasteiger partial charge in [0.05, 0.1) is 0 Å². The molecule has 0 radical (unpaired) electrons. The average molecular weight is 357 g/mol. The molecule has 20 heavy (non-hydrogen) atoms. The number of hydrogen-bond acceptors (Lipinski definition) is 3. The van der Waals surface area contributed by atoms with Crippen molar-refractivity contribution in [2.24, 2.45) is 5.73 Å². The Morgan fingerprint density at radius 2 is 2.25 bits per heavy atom. The third kappa shape index (κ3) is 3.08. The molecule has 1 aromatic heterocycles. The molecule has 0 aliphatic heterocycles. The highest BCUT2D eigenvalue weighted by Crippen LogP contribution is 2.26. The van der Waals surface area contributed by atoms with Gasteiger partial charge in [-0.05, 0) is 30.5 Å². The largest absolute Gasteiger partial charge is 0.368 e. The fraction of sp³-hybridized carbons (Fsp3) is 0.214. The van der Waals surface area contributed by atoms with Crippen molar-refractivity contribution in [1.82, 2.24) is 5.32 Å². The summed E-state index contributed by atoms with van der Waals surface area (Å²) in [6, 6.07) is 8.43. The number of thiophene rings is 1. The van der Waals surface area contributed by atoms with Crippen LogP contribution in [-0.2, 0) is 16.9 Å². The number of benzene rings is 1. The summed E-state index contributed by atoms with van der Waals surface area (Å²) in [5.74, 6) is -1.09.